The molecule has 0 unspecified atom stereocenters. The van der Waals surface area contributed by atoms with Crippen molar-refractivity contribution in [1.29, 1.82) is 0 Å². The first kappa shape index (κ1) is 15.3. The molecule has 0 bridgehead atoms. The van der Waals surface area contributed by atoms with Gasteiger partial charge in [-0.2, -0.15) is 0 Å². The molecule has 3 N–H and O–H groups in total. The van der Waals surface area contributed by atoms with Crippen LogP contribution in [0, 0.1) is 0 Å². The second kappa shape index (κ2) is 6.60. The van der Waals surface area contributed by atoms with E-state index < -0.39 is 11.9 Å². The summed E-state index contributed by atoms with van der Waals surface area (Å²) < 4.78 is 4.72. The smallest absolute Gasteiger partial charge is 0.340 e. The van der Waals surface area contributed by atoms with Crippen molar-refractivity contribution in [3.05, 3.63) is 50.7 Å². The fourth-order valence-corrected chi connectivity index (χ4v) is 2.72. The number of anilines is 1. The van der Waals surface area contributed by atoms with Gasteiger partial charge in [-0.1, -0.05) is 11.6 Å². The fourth-order valence-electron chi connectivity index (χ4n) is 1.73. The number of methoxy groups -OCH3 is 1. The lowest BCUT2D eigenvalue weighted by molar-refractivity contribution is 0.0601. The number of rotatable bonds is 5. The first-order valence-corrected chi connectivity index (χ1v) is 7.26. The van der Waals surface area contributed by atoms with Gasteiger partial charge in [-0.15, -0.1) is 11.3 Å². The van der Waals surface area contributed by atoms with E-state index in [0.717, 1.165) is 4.88 Å². The Labute approximate surface area is 130 Å². The number of primary amides is 1. The summed E-state index contributed by atoms with van der Waals surface area (Å²) in [6.45, 7) is 0.462. The molecule has 0 radical (unpaired) electrons. The Morgan fingerprint density at radius 2 is 2.14 bits per heavy atom. The quantitative estimate of drug-likeness (QED) is 0.829. The van der Waals surface area contributed by atoms with Gasteiger partial charge in [0, 0.05) is 27.5 Å². The fraction of sp³-hybridized carbons (Fsp3) is 0.143. The summed E-state index contributed by atoms with van der Waals surface area (Å²) >= 11 is 7.30. The molecule has 1 amide bonds. The Kier molecular flexibility index (Phi) is 4.82. The Hall–Kier alpha value is -2.05. The highest BCUT2D eigenvalue weighted by Crippen LogP contribution is 2.23. The molecule has 0 atom stereocenters. The molecule has 110 valence electrons. The van der Waals surface area contributed by atoms with Crippen LogP contribution >= 0.6 is 22.9 Å². The Balaban J connectivity index is 2.15. The van der Waals surface area contributed by atoms with E-state index in [1.54, 1.807) is 29.6 Å². The first-order valence-electron chi connectivity index (χ1n) is 6.00. The van der Waals surface area contributed by atoms with Crippen molar-refractivity contribution in [3.8, 4) is 0 Å². The molecule has 2 rings (SSSR count). The van der Waals surface area contributed by atoms with Crippen molar-refractivity contribution in [2.45, 2.75) is 6.54 Å². The average Bonchev–Trinajstić information content (AvgIpc) is 2.94. The van der Waals surface area contributed by atoms with E-state index in [2.05, 4.69) is 5.32 Å². The number of nitrogens with one attached hydrogen (secondary N) is 1. The summed E-state index contributed by atoms with van der Waals surface area (Å²) in [4.78, 5) is 23.7. The molecule has 0 aliphatic carbocycles. The molecule has 2 aromatic rings. The number of carbonyl (C=O) groups excluding carboxylic acids is 2. The molecule has 0 aliphatic rings. The van der Waals surface area contributed by atoms with E-state index in [-0.39, 0.29) is 0 Å². The van der Waals surface area contributed by atoms with Crippen LogP contribution in [0.2, 0.25) is 5.02 Å². The number of esters is 1. The van der Waals surface area contributed by atoms with Gasteiger partial charge < -0.3 is 15.8 Å². The second-order valence-corrected chi connectivity index (χ2v) is 5.63. The van der Waals surface area contributed by atoms with Crippen LogP contribution in [0.25, 0.3) is 0 Å². The Morgan fingerprint density at radius 3 is 2.76 bits per heavy atom. The molecular formula is C14H13ClN2O3S. The van der Waals surface area contributed by atoms with E-state index in [1.165, 1.54) is 18.4 Å². The van der Waals surface area contributed by atoms with E-state index in [4.69, 9.17) is 22.1 Å². The lowest BCUT2D eigenvalue weighted by atomic mass is 10.1. The van der Waals surface area contributed by atoms with Gasteiger partial charge in [0.1, 0.15) is 0 Å². The van der Waals surface area contributed by atoms with Crippen LogP contribution in [0.3, 0.4) is 0 Å². The van der Waals surface area contributed by atoms with E-state index in [9.17, 15) is 9.59 Å². The SMILES string of the molecule is COC(=O)c1cc(Cl)ccc1NCc1cc(C(N)=O)cs1. The predicted octanol–water partition coefficient (Wildman–Crippen LogP) is 2.90. The van der Waals surface area contributed by atoms with Crippen molar-refractivity contribution in [3.63, 3.8) is 0 Å². The van der Waals surface area contributed by atoms with Crippen molar-refractivity contribution < 1.29 is 14.3 Å². The average molecular weight is 325 g/mol. The Bertz CT molecular complexity index is 685. The van der Waals surface area contributed by atoms with Crippen molar-refractivity contribution in [2.24, 2.45) is 5.73 Å². The van der Waals surface area contributed by atoms with E-state index in [0.29, 0.717) is 28.4 Å². The number of ether oxygens (including phenoxy) is 1. The largest absolute Gasteiger partial charge is 0.465 e. The summed E-state index contributed by atoms with van der Waals surface area (Å²) in [5, 5.41) is 5.27. The number of nitrogens with two attached hydrogens (primary N) is 1. The van der Waals surface area contributed by atoms with Crippen molar-refractivity contribution in [2.75, 3.05) is 12.4 Å². The molecule has 0 fully saturated rings. The summed E-state index contributed by atoms with van der Waals surface area (Å²) in [7, 11) is 1.31. The second-order valence-electron chi connectivity index (χ2n) is 4.20. The highest BCUT2D eigenvalue weighted by molar-refractivity contribution is 7.10. The molecule has 21 heavy (non-hydrogen) atoms. The van der Waals surface area contributed by atoms with Crippen LogP contribution in [0.1, 0.15) is 25.6 Å². The molecule has 1 aromatic heterocycles. The highest BCUT2D eigenvalue weighted by atomic mass is 35.5. The standard InChI is InChI=1S/C14H13ClN2O3S/c1-20-14(19)11-5-9(15)2-3-12(11)17-6-10-4-8(7-21-10)13(16)18/h2-5,7,17H,6H2,1H3,(H2,16,18). The van der Waals surface area contributed by atoms with E-state index in [1.807, 2.05) is 0 Å². The third kappa shape index (κ3) is 3.74. The maximum atomic E-state index is 11.7. The van der Waals surface area contributed by atoms with Gasteiger partial charge in [-0.05, 0) is 24.3 Å². The summed E-state index contributed by atoms with van der Waals surface area (Å²) in [6.07, 6.45) is 0. The lowest BCUT2D eigenvalue weighted by Gasteiger charge is -2.10. The number of halogens is 1. The maximum Gasteiger partial charge on any atom is 0.340 e. The van der Waals surface area contributed by atoms with Gasteiger partial charge in [-0.25, -0.2) is 4.79 Å². The zero-order valence-corrected chi connectivity index (χ0v) is 12.8. The number of amides is 1. The first-order chi connectivity index (χ1) is 10.0. The monoisotopic (exact) mass is 324 g/mol. The minimum atomic E-state index is -0.469. The Morgan fingerprint density at radius 1 is 1.38 bits per heavy atom. The molecule has 0 saturated carbocycles. The molecule has 5 nitrogen and oxygen atoms in total. The van der Waals surface area contributed by atoms with Crippen molar-refractivity contribution >= 4 is 40.5 Å². The number of carbonyl (C=O) groups is 2. The topological polar surface area (TPSA) is 81.4 Å². The third-order valence-corrected chi connectivity index (χ3v) is 3.95. The van der Waals surface area contributed by atoms with Gasteiger partial charge >= 0.3 is 5.97 Å². The predicted molar refractivity (Wildman–Crippen MR) is 83.0 cm³/mol. The molecule has 1 aromatic carbocycles. The number of benzene rings is 1. The van der Waals surface area contributed by atoms with Gasteiger partial charge in [0.15, 0.2) is 0 Å². The number of hydrogen-bond donors (Lipinski definition) is 2. The third-order valence-electron chi connectivity index (χ3n) is 2.78. The van der Waals surface area contributed by atoms with Gasteiger partial charge in [0.05, 0.1) is 18.2 Å². The van der Waals surface area contributed by atoms with Gasteiger partial charge in [0.2, 0.25) is 5.91 Å². The zero-order valence-electron chi connectivity index (χ0n) is 11.2. The van der Waals surface area contributed by atoms with Crippen LogP contribution in [0.4, 0.5) is 5.69 Å². The summed E-state index contributed by atoms with van der Waals surface area (Å²) in [5.41, 5.74) is 6.65. The van der Waals surface area contributed by atoms with Crippen LogP contribution in [0.5, 0.6) is 0 Å². The van der Waals surface area contributed by atoms with Crippen LogP contribution in [-0.4, -0.2) is 19.0 Å². The lowest BCUT2D eigenvalue weighted by Crippen LogP contribution is -2.09. The molecular weight excluding hydrogens is 312 g/mol. The molecule has 7 heteroatoms. The highest BCUT2D eigenvalue weighted by Gasteiger charge is 2.13. The number of thiophene rings is 1. The van der Waals surface area contributed by atoms with Crippen LogP contribution in [0.15, 0.2) is 29.6 Å². The minimum absolute atomic E-state index is 0.358. The molecule has 0 aliphatic heterocycles. The zero-order chi connectivity index (χ0) is 15.4. The van der Waals surface area contributed by atoms with E-state index >= 15 is 0 Å². The van der Waals surface area contributed by atoms with Crippen molar-refractivity contribution in [1.82, 2.24) is 0 Å². The molecule has 0 saturated heterocycles. The van der Waals surface area contributed by atoms with Gasteiger partial charge in [-0.3, -0.25) is 4.79 Å². The number of hydrogen-bond acceptors (Lipinski definition) is 5. The minimum Gasteiger partial charge on any atom is -0.465 e. The summed E-state index contributed by atoms with van der Waals surface area (Å²) in [5.74, 6) is -0.928. The maximum absolute atomic E-state index is 11.7. The van der Waals surface area contributed by atoms with Gasteiger partial charge in [0.25, 0.3) is 0 Å². The summed E-state index contributed by atoms with van der Waals surface area (Å²) in [6, 6.07) is 6.64. The normalized spacial score (nSPS) is 10.2. The molecule has 1 heterocycles. The van der Waals surface area contributed by atoms with Crippen LogP contribution < -0.4 is 11.1 Å². The van der Waals surface area contributed by atoms with Crippen LogP contribution in [-0.2, 0) is 11.3 Å². The molecule has 0 spiro atoms.